The van der Waals surface area contributed by atoms with Crippen molar-refractivity contribution in [2.75, 3.05) is 19.4 Å². The molecule has 0 saturated heterocycles. The zero-order chi connectivity index (χ0) is 17.8. The number of benzene rings is 2. The standard InChI is InChI=1S/C22H26N2O.ClH.Re/c1-16-7-10-18-5-4-6-19(14-20(18)13-16)22(25)23-21-11-8-17(9-12-21)15-24(2)3;;/h7-14H,4-6,15H2,1-3H3,(H,23,25);1H;/p-1. The third-order valence-corrected chi connectivity index (χ3v) is 4.53. The fourth-order valence-electron chi connectivity index (χ4n) is 3.25. The Morgan fingerprint density at radius 1 is 1.07 bits per heavy atom. The second-order valence-electron chi connectivity index (χ2n) is 7.11. The molecule has 5 heteroatoms. The number of aryl methyl sites for hydroxylation is 2. The molecule has 1 aliphatic rings. The van der Waals surface area contributed by atoms with E-state index in [1.54, 1.807) is 0 Å². The van der Waals surface area contributed by atoms with Crippen molar-refractivity contribution in [1.82, 2.24) is 4.90 Å². The van der Waals surface area contributed by atoms with Crippen molar-refractivity contribution in [1.29, 1.82) is 0 Å². The summed E-state index contributed by atoms with van der Waals surface area (Å²) < 4.78 is 0. The fraction of sp³-hybridized carbons (Fsp3) is 0.318. The van der Waals surface area contributed by atoms with Crippen LogP contribution in [0.4, 0.5) is 5.69 Å². The van der Waals surface area contributed by atoms with E-state index in [2.05, 4.69) is 53.5 Å². The molecule has 2 aromatic rings. The van der Waals surface area contributed by atoms with Crippen molar-refractivity contribution in [3.05, 3.63) is 70.3 Å². The van der Waals surface area contributed by atoms with E-state index in [1.807, 2.05) is 26.2 Å². The number of nitrogens with one attached hydrogen (secondary N) is 1. The van der Waals surface area contributed by atoms with Crippen LogP contribution >= 0.6 is 0 Å². The molecule has 145 valence electrons. The number of carbonyl (C=O) groups excluding carboxylic acids is 1. The van der Waals surface area contributed by atoms with Gasteiger partial charge in [-0.05, 0) is 75.2 Å². The number of halogens is 1. The van der Waals surface area contributed by atoms with Crippen LogP contribution in [0.1, 0.15) is 35.1 Å². The molecule has 3 rings (SSSR count). The van der Waals surface area contributed by atoms with E-state index in [1.165, 1.54) is 22.3 Å². The molecule has 0 saturated carbocycles. The minimum Gasteiger partial charge on any atom is -1.00 e. The van der Waals surface area contributed by atoms with Gasteiger partial charge in [-0.25, -0.2) is 0 Å². The minimum atomic E-state index is 0. The molecule has 3 nitrogen and oxygen atoms in total. The van der Waals surface area contributed by atoms with Gasteiger partial charge in [0.05, 0.1) is 0 Å². The van der Waals surface area contributed by atoms with Gasteiger partial charge in [0.15, 0.2) is 0 Å². The van der Waals surface area contributed by atoms with Gasteiger partial charge >= 0.3 is 0 Å². The molecular formula is C22H26ClN2ORe-. The molecule has 0 spiro atoms. The SMILES string of the molecule is Cc1ccc2c(c1)C=C(C(=O)Nc1ccc(CN(C)C)cc1)CCC2.[Cl-].[Re]. The van der Waals surface area contributed by atoms with Gasteiger partial charge in [-0.3, -0.25) is 4.79 Å². The first-order chi connectivity index (χ1) is 12.0. The zero-order valence-electron chi connectivity index (χ0n) is 16.1. The summed E-state index contributed by atoms with van der Waals surface area (Å²) in [6.07, 6.45) is 4.92. The normalized spacial score (nSPS) is 12.8. The van der Waals surface area contributed by atoms with Crippen molar-refractivity contribution in [3.8, 4) is 0 Å². The van der Waals surface area contributed by atoms with Crippen LogP contribution in [0.25, 0.3) is 6.08 Å². The van der Waals surface area contributed by atoms with Crippen LogP contribution in [0, 0.1) is 6.92 Å². The molecule has 1 N–H and O–H groups in total. The molecule has 0 bridgehead atoms. The average Bonchev–Trinajstić information content (AvgIpc) is 2.78. The summed E-state index contributed by atoms with van der Waals surface area (Å²) in [6, 6.07) is 14.6. The summed E-state index contributed by atoms with van der Waals surface area (Å²) in [5, 5.41) is 3.04. The number of rotatable bonds is 4. The van der Waals surface area contributed by atoms with Crippen LogP contribution < -0.4 is 17.7 Å². The Labute approximate surface area is 182 Å². The second kappa shape index (κ2) is 10.8. The van der Waals surface area contributed by atoms with E-state index < -0.39 is 0 Å². The van der Waals surface area contributed by atoms with Crippen LogP contribution in [-0.2, 0) is 38.2 Å². The van der Waals surface area contributed by atoms with Gasteiger partial charge in [0.1, 0.15) is 0 Å². The number of carbonyl (C=O) groups is 1. The van der Waals surface area contributed by atoms with Crippen molar-refractivity contribution >= 4 is 17.7 Å². The van der Waals surface area contributed by atoms with Crippen LogP contribution in [-0.4, -0.2) is 24.9 Å². The molecule has 0 atom stereocenters. The van der Waals surface area contributed by atoms with Gasteiger partial charge in [0.25, 0.3) is 5.91 Å². The maximum Gasteiger partial charge on any atom is 0.251 e. The smallest absolute Gasteiger partial charge is 0.251 e. The van der Waals surface area contributed by atoms with Crippen LogP contribution in [0.15, 0.2) is 48.0 Å². The fourth-order valence-corrected chi connectivity index (χ4v) is 3.25. The van der Waals surface area contributed by atoms with E-state index in [0.29, 0.717) is 0 Å². The predicted molar refractivity (Wildman–Crippen MR) is 105 cm³/mol. The van der Waals surface area contributed by atoms with Gasteiger partial charge in [-0.15, -0.1) is 0 Å². The Morgan fingerprint density at radius 2 is 1.78 bits per heavy atom. The molecule has 0 heterocycles. The summed E-state index contributed by atoms with van der Waals surface area (Å²) in [6.45, 7) is 2.99. The van der Waals surface area contributed by atoms with E-state index in [4.69, 9.17) is 0 Å². The summed E-state index contributed by atoms with van der Waals surface area (Å²) in [5.74, 6) is 0.00900. The van der Waals surface area contributed by atoms with E-state index >= 15 is 0 Å². The molecule has 0 aromatic heterocycles. The van der Waals surface area contributed by atoms with Crippen LogP contribution in [0.2, 0.25) is 0 Å². The number of amides is 1. The van der Waals surface area contributed by atoms with Gasteiger partial charge in [0, 0.05) is 38.2 Å². The van der Waals surface area contributed by atoms with Crippen LogP contribution in [0.3, 0.4) is 0 Å². The van der Waals surface area contributed by atoms with Gasteiger partial charge < -0.3 is 22.6 Å². The van der Waals surface area contributed by atoms with E-state index in [-0.39, 0.29) is 38.7 Å². The van der Waals surface area contributed by atoms with Crippen molar-refractivity contribution in [3.63, 3.8) is 0 Å². The third-order valence-electron chi connectivity index (χ3n) is 4.53. The minimum absolute atomic E-state index is 0. The summed E-state index contributed by atoms with van der Waals surface area (Å²) in [7, 11) is 4.10. The molecule has 0 aliphatic heterocycles. The van der Waals surface area contributed by atoms with E-state index in [0.717, 1.165) is 37.1 Å². The maximum absolute atomic E-state index is 12.7. The molecule has 2 aromatic carbocycles. The second-order valence-corrected chi connectivity index (χ2v) is 7.11. The quantitative estimate of drug-likeness (QED) is 0.619. The number of hydrogen-bond acceptors (Lipinski definition) is 2. The van der Waals surface area contributed by atoms with Gasteiger partial charge in [-0.1, -0.05) is 35.9 Å². The van der Waals surface area contributed by atoms with Gasteiger partial charge in [0.2, 0.25) is 0 Å². The predicted octanol–water partition coefficient (Wildman–Crippen LogP) is 1.42. The Balaban J connectivity index is 0.00000182. The monoisotopic (exact) mass is 556 g/mol. The molecule has 1 radical (unpaired) electrons. The number of fused-ring (bicyclic) bond motifs is 1. The Kier molecular flexibility index (Phi) is 9.43. The molecule has 0 fully saturated rings. The summed E-state index contributed by atoms with van der Waals surface area (Å²) >= 11 is 0. The van der Waals surface area contributed by atoms with Crippen LogP contribution in [0.5, 0.6) is 0 Å². The van der Waals surface area contributed by atoms with Crippen molar-refractivity contribution in [2.45, 2.75) is 32.7 Å². The zero-order valence-corrected chi connectivity index (χ0v) is 19.5. The first kappa shape index (κ1) is 23.6. The Bertz CT molecular complexity index is 800. The first-order valence-electron chi connectivity index (χ1n) is 8.86. The molecule has 1 aliphatic carbocycles. The number of hydrogen-bond donors (Lipinski definition) is 1. The third kappa shape index (κ3) is 6.59. The Hall–Kier alpha value is -1.44. The molecule has 27 heavy (non-hydrogen) atoms. The van der Waals surface area contributed by atoms with E-state index in [9.17, 15) is 4.79 Å². The first-order valence-corrected chi connectivity index (χ1v) is 8.86. The number of nitrogens with zero attached hydrogens (tertiary/aromatic N) is 1. The average molecular weight is 556 g/mol. The topological polar surface area (TPSA) is 32.3 Å². The molecule has 0 unspecified atom stereocenters. The largest absolute Gasteiger partial charge is 1.00 e. The maximum atomic E-state index is 12.7. The van der Waals surface area contributed by atoms with Crippen molar-refractivity contribution < 1.29 is 37.6 Å². The van der Waals surface area contributed by atoms with Gasteiger partial charge in [-0.2, -0.15) is 0 Å². The van der Waals surface area contributed by atoms with Crippen molar-refractivity contribution in [2.24, 2.45) is 0 Å². The molecular weight excluding hydrogens is 530 g/mol. The summed E-state index contributed by atoms with van der Waals surface area (Å²) in [5.41, 5.74) is 6.70. The molecule has 1 amide bonds. The number of anilines is 1. The Morgan fingerprint density at radius 3 is 2.44 bits per heavy atom. The summed E-state index contributed by atoms with van der Waals surface area (Å²) in [4.78, 5) is 14.8.